The van der Waals surface area contributed by atoms with Gasteiger partial charge >= 0.3 is 0 Å². The van der Waals surface area contributed by atoms with Crippen LogP contribution in [0.2, 0.25) is 0 Å². The number of sulfonamides is 1. The molecule has 0 fully saturated rings. The number of hydrazone groups is 1. The first kappa shape index (κ1) is 16.1. The topological polar surface area (TPSA) is 92.9 Å². The first-order valence-corrected chi connectivity index (χ1v) is 9.08. The van der Waals surface area contributed by atoms with Crippen molar-refractivity contribution in [2.75, 3.05) is 6.26 Å². The van der Waals surface area contributed by atoms with Gasteiger partial charge in [0.05, 0.1) is 28.5 Å². The molecule has 2 aromatic rings. The van der Waals surface area contributed by atoms with Crippen LogP contribution in [0.25, 0.3) is 0 Å². The van der Waals surface area contributed by atoms with Gasteiger partial charge in [-0.05, 0) is 11.6 Å². The molecule has 7 nitrogen and oxygen atoms in total. The second-order valence-corrected chi connectivity index (χ2v) is 7.33. The highest BCUT2D eigenvalue weighted by atomic mass is 32.2. The number of para-hydroxylation sites is 1. The van der Waals surface area contributed by atoms with Gasteiger partial charge in [-0.15, -0.1) is 0 Å². The highest BCUT2D eigenvalue weighted by Crippen LogP contribution is 2.36. The average Bonchev–Trinajstić information content (AvgIpc) is 3.01. The molecule has 0 aliphatic carbocycles. The van der Waals surface area contributed by atoms with E-state index in [4.69, 9.17) is 0 Å². The maximum atomic E-state index is 12.1. The fourth-order valence-corrected chi connectivity index (χ4v) is 3.66. The zero-order chi connectivity index (χ0) is 17.3. The van der Waals surface area contributed by atoms with E-state index < -0.39 is 21.0 Å². The second-order valence-electron chi connectivity index (χ2n) is 5.49. The lowest BCUT2D eigenvalue weighted by Crippen LogP contribution is -2.25. The third-order valence-corrected chi connectivity index (χ3v) is 4.82. The molecule has 1 heterocycles. The summed E-state index contributed by atoms with van der Waals surface area (Å²) < 4.78 is 25.2. The molecular formula is C16H15N3O4S. The van der Waals surface area contributed by atoms with Crippen LogP contribution in [0, 0.1) is 10.1 Å². The fraction of sp³-hybridized carbons (Fsp3) is 0.188. The van der Waals surface area contributed by atoms with Crippen molar-refractivity contribution in [2.24, 2.45) is 5.10 Å². The van der Waals surface area contributed by atoms with Gasteiger partial charge in [0.15, 0.2) is 0 Å². The Morgan fingerprint density at radius 1 is 1.12 bits per heavy atom. The quantitative estimate of drug-likeness (QED) is 0.629. The van der Waals surface area contributed by atoms with Gasteiger partial charge in [-0.25, -0.2) is 8.42 Å². The van der Waals surface area contributed by atoms with Crippen LogP contribution in [0.15, 0.2) is 59.7 Å². The lowest BCUT2D eigenvalue weighted by molar-refractivity contribution is -0.385. The van der Waals surface area contributed by atoms with Crippen molar-refractivity contribution in [3.05, 3.63) is 75.8 Å². The van der Waals surface area contributed by atoms with Crippen molar-refractivity contribution in [3.63, 3.8) is 0 Å². The van der Waals surface area contributed by atoms with Gasteiger partial charge in [0.2, 0.25) is 10.0 Å². The molecule has 0 bridgehead atoms. The number of nitro benzene ring substituents is 1. The number of benzene rings is 2. The molecule has 3 rings (SSSR count). The molecule has 0 saturated carbocycles. The molecule has 1 aliphatic rings. The number of hydrogen-bond acceptors (Lipinski definition) is 5. The Morgan fingerprint density at radius 2 is 1.75 bits per heavy atom. The van der Waals surface area contributed by atoms with E-state index in [-0.39, 0.29) is 12.1 Å². The number of hydrogen-bond donors (Lipinski definition) is 0. The van der Waals surface area contributed by atoms with Crippen LogP contribution in [0.5, 0.6) is 0 Å². The molecular weight excluding hydrogens is 330 g/mol. The Balaban J connectivity index is 2.07. The van der Waals surface area contributed by atoms with E-state index >= 15 is 0 Å². The smallest absolute Gasteiger partial charge is 0.258 e. The SMILES string of the molecule is CS(=O)(=O)N1N=C(c2ccccc2[N+](=O)[O-])C[C@@H]1c1ccccc1. The van der Waals surface area contributed by atoms with Gasteiger partial charge in [-0.3, -0.25) is 10.1 Å². The third-order valence-electron chi connectivity index (χ3n) is 3.81. The van der Waals surface area contributed by atoms with Crippen LogP contribution in [-0.2, 0) is 10.0 Å². The summed E-state index contributed by atoms with van der Waals surface area (Å²) in [6.07, 6.45) is 1.36. The maximum Gasteiger partial charge on any atom is 0.278 e. The van der Waals surface area contributed by atoms with Crippen molar-refractivity contribution < 1.29 is 13.3 Å². The lowest BCUT2D eigenvalue weighted by atomic mass is 9.98. The summed E-state index contributed by atoms with van der Waals surface area (Å²) in [6.45, 7) is 0. The Hall–Kier alpha value is -2.74. The molecule has 0 aromatic heterocycles. The molecule has 0 spiro atoms. The van der Waals surface area contributed by atoms with Gasteiger partial charge < -0.3 is 0 Å². The van der Waals surface area contributed by atoms with Gasteiger partial charge in [0, 0.05) is 12.5 Å². The number of rotatable bonds is 4. The molecule has 124 valence electrons. The number of nitrogens with zero attached hydrogens (tertiary/aromatic N) is 3. The van der Waals surface area contributed by atoms with Crippen molar-refractivity contribution in [2.45, 2.75) is 12.5 Å². The Bertz CT molecular complexity index is 910. The second kappa shape index (κ2) is 6.04. The molecule has 0 unspecified atom stereocenters. The van der Waals surface area contributed by atoms with Crippen molar-refractivity contribution in [3.8, 4) is 0 Å². The van der Waals surface area contributed by atoms with Crippen LogP contribution >= 0.6 is 0 Å². The van der Waals surface area contributed by atoms with E-state index in [0.717, 1.165) is 16.2 Å². The molecule has 1 aliphatic heterocycles. The summed E-state index contributed by atoms with van der Waals surface area (Å²) >= 11 is 0. The minimum absolute atomic E-state index is 0.0848. The Labute approximate surface area is 139 Å². The third kappa shape index (κ3) is 3.00. The average molecular weight is 345 g/mol. The van der Waals surface area contributed by atoms with Crippen LogP contribution in [0.4, 0.5) is 5.69 Å². The summed E-state index contributed by atoms with van der Waals surface area (Å²) in [5.74, 6) is 0. The van der Waals surface area contributed by atoms with Gasteiger partial charge in [0.25, 0.3) is 5.69 Å². The zero-order valence-corrected chi connectivity index (χ0v) is 13.7. The van der Waals surface area contributed by atoms with Crippen LogP contribution < -0.4 is 0 Å². The van der Waals surface area contributed by atoms with Crippen molar-refractivity contribution in [1.29, 1.82) is 0 Å². The van der Waals surface area contributed by atoms with Crippen LogP contribution in [-0.4, -0.2) is 29.7 Å². The number of nitro groups is 1. The zero-order valence-electron chi connectivity index (χ0n) is 12.9. The lowest BCUT2D eigenvalue weighted by Gasteiger charge is -2.21. The molecule has 1 atom stereocenters. The van der Waals surface area contributed by atoms with Gasteiger partial charge in [-0.2, -0.15) is 9.52 Å². The highest BCUT2D eigenvalue weighted by molar-refractivity contribution is 7.88. The molecule has 2 aromatic carbocycles. The van der Waals surface area contributed by atoms with Gasteiger partial charge in [-0.1, -0.05) is 42.5 Å². The predicted molar refractivity (Wildman–Crippen MR) is 90.1 cm³/mol. The summed E-state index contributed by atoms with van der Waals surface area (Å²) in [4.78, 5) is 10.7. The van der Waals surface area contributed by atoms with Crippen molar-refractivity contribution in [1.82, 2.24) is 4.41 Å². The molecule has 0 N–H and O–H groups in total. The summed E-state index contributed by atoms with van der Waals surface area (Å²) in [5.41, 5.74) is 1.44. The Kier molecular flexibility index (Phi) is 4.06. The summed E-state index contributed by atoms with van der Waals surface area (Å²) in [7, 11) is -3.60. The summed E-state index contributed by atoms with van der Waals surface area (Å²) in [6, 6.07) is 14.8. The van der Waals surface area contributed by atoms with Crippen LogP contribution in [0.3, 0.4) is 0 Å². The molecule has 24 heavy (non-hydrogen) atoms. The normalized spacial score (nSPS) is 17.6. The standard InChI is InChI=1S/C16H15N3O4S/c1-24(22,23)18-16(12-7-3-2-4-8-12)11-14(17-18)13-9-5-6-10-15(13)19(20)21/h2-10,16H,11H2,1H3/t16-/m1/s1. The first-order chi connectivity index (χ1) is 11.4. The van der Waals surface area contributed by atoms with E-state index in [9.17, 15) is 18.5 Å². The molecule has 0 saturated heterocycles. The van der Waals surface area contributed by atoms with E-state index in [0.29, 0.717) is 11.3 Å². The fourth-order valence-electron chi connectivity index (χ4n) is 2.76. The van der Waals surface area contributed by atoms with E-state index in [1.807, 2.05) is 30.3 Å². The van der Waals surface area contributed by atoms with Crippen molar-refractivity contribution >= 4 is 21.4 Å². The first-order valence-electron chi connectivity index (χ1n) is 7.23. The molecule has 8 heteroatoms. The largest absolute Gasteiger partial charge is 0.278 e. The van der Waals surface area contributed by atoms with Crippen LogP contribution in [0.1, 0.15) is 23.6 Å². The Morgan fingerprint density at radius 3 is 2.38 bits per heavy atom. The maximum absolute atomic E-state index is 12.1. The van der Waals surface area contributed by atoms with E-state index in [2.05, 4.69) is 5.10 Å². The highest BCUT2D eigenvalue weighted by Gasteiger charge is 2.36. The molecule has 0 amide bonds. The minimum Gasteiger partial charge on any atom is -0.258 e. The van der Waals surface area contributed by atoms with E-state index in [1.54, 1.807) is 18.2 Å². The molecule has 0 radical (unpaired) electrons. The van der Waals surface area contributed by atoms with Gasteiger partial charge in [0.1, 0.15) is 0 Å². The van der Waals surface area contributed by atoms with E-state index in [1.165, 1.54) is 6.07 Å². The monoisotopic (exact) mass is 345 g/mol. The summed E-state index contributed by atoms with van der Waals surface area (Å²) in [5, 5.41) is 15.4. The predicted octanol–water partition coefficient (Wildman–Crippen LogP) is 2.71. The minimum atomic E-state index is -3.60.